The summed E-state index contributed by atoms with van der Waals surface area (Å²) in [5.74, 6) is 1.30. The average Bonchev–Trinajstić information content (AvgIpc) is 2.92. The first-order valence-corrected chi connectivity index (χ1v) is 10.3. The second-order valence-electron chi connectivity index (χ2n) is 9.89. The lowest BCUT2D eigenvalue weighted by Crippen LogP contribution is -2.58. The molecule has 8 atom stereocenters. The van der Waals surface area contributed by atoms with Crippen molar-refractivity contribution in [2.24, 2.45) is 40.4 Å². The van der Waals surface area contributed by atoms with Gasteiger partial charge in [0.15, 0.2) is 11.6 Å². The summed E-state index contributed by atoms with van der Waals surface area (Å²) in [4.78, 5) is 24.4. The van der Waals surface area contributed by atoms with Crippen LogP contribution in [-0.2, 0) is 9.59 Å². The zero-order chi connectivity index (χ0) is 18.9. The van der Waals surface area contributed by atoms with Crippen molar-refractivity contribution in [2.75, 3.05) is 6.61 Å². The third-order valence-corrected chi connectivity index (χ3v) is 8.99. The van der Waals surface area contributed by atoms with Crippen LogP contribution in [-0.4, -0.2) is 34.5 Å². The van der Waals surface area contributed by atoms with Crippen LogP contribution in [0.5, 0.6) is 0 Å². The highest BCUT2D eigenvalue weighted by molar-refractivity contribution is 5.92. The molecule has 0 aromatic carbocycles. The Morgan fingerprint density at radius 2 is 2.00 bits per heavy atom. The summed E-state index contributed by atoms with van der Waals surface area (Å²) in [7, 11) is 0. The van der Waals surface area contributed by atoms with E-state index in [0.717, 1.165) is 25.7 Å². The van der Waals surface area contributed by atoms with Crippen molar-refractivity contribution in [3.05, 3.63) is 11.6 Å². The summed E-state index contributed by atoms with van der Waals surface area (Å²) >= 11 is 0. The number of fused-ring (bicyclic) bond motifs is 5. The summed E-state index contributed by atoms with van der Waals surface area (Å²) in [5.41, 5.74) is 0.925. The minimum atomic E-state index is -0.447. The summed E-state index contributed by atoms with van der Waals surface area (Å²) in [6.45, 7) is 6.22. The second-order valence-corrected chi connectivity index (χ2v) is 9.89. The highest BCUT2D eigenvalue weighted by Gasteiger charge is 2.63. The number of ketones is 2. The molecule has 144 valence electrons. The van der Waals surface area contributed by atoms with Crippen molar-refractivity contribution >= 4 is 11.6 Å². The number of carbonyl (C=O) groups is 2. The fourth-order valence-electron chi connectivity index (χ4n) is 7.68. The molecule has 0 aliphatic heterocycles. The van der Waals surface area contributed by atoms with Crippen LogP contribution >= 0.6 is 0 Å². The highest BCUT2D eigenvalue weighted by Crippen LogP contribution is 2.67. The summed E-state index contributed by atoms with van der Waals surface area (Å²) in [6.07, 6.45) is 6.42. The summed E-state index contributed by atoms with van der Waals surface area (Å²) in [6, 6.07) is 0. The molecule has 26 heavy (non-hydrogen) atoms. The molecule has 0 amide bonds. The van der Waals surface area contributed by atoms with Gasteiger partial charge in [0.25, 0.3) is 0 Å². The first-order chi connectivity index (χ1) is 12.2. The number of carbonyl (C=O) groups excluding carboxylic acids is 2. The van der Waals surface area contributed by atoms with Gasteiger partial charge in [0.1, 0.15) is 6.61 Å². The predicted octanol–water partition coefficient (Wildman–Crippen LogP) is 2.91. The van der Waals surface area contributed by atoms with Crippen molar-refractivity contribution in [1.29, 1.82) is 0 Å². The Morgan fingerprint density at radius 1 is 1.27 bits per heavy atom. The average molecular weight is 360 g/mol. The first-order valence-electron chi connectivity index (χ1n) is 10.3. The van der Waals surface area contributed by atoms with Crippen LogP contribution in [0.25, 0.3) is 0 Å². The van der Waals surface area contributed by atoms with Crippen LogP contribution in [0.1, 0.15) is 59.3 Å². The van der Waals surface area contributed by atoms with Gasteiger partial charge in [0.05, 0.1) is 6.10 Å². The second kappa shape index (κ2) is 6.00. The van der Waals surface area contributed by atoms with E-state index in [1.807, 2.05) is 6.08 Å². The molecule has 0 aromatic heterocycles. The van der Waals surface area contributed by atoms with Crippen LogP contribution in [0, 0.1) is 40.4 Å². The van der Waals surface area contributed by atoms with E-state index >= 15 is 0 Å². The van der Waals surface area contributed by atoms with E-state index in [0.29, 0.717) is 24.7 Å². The molecule has 4 rings (SSSR count). The lowest BCUT2D eigenvalue weighted by Gasteiger charge is -2.61. The molecular weight excluding hydrogens is 328 g/mol. The minimum absolute atomic E-state index is 0.0557. The van der Waals surface area contributed by atoms with Gasteiger partial charge in [0, 0.05) is 12.3 Å². The molecule has 4 aliphatic carbocycles. The van der Waals surface area contributed by atoms with Gasteiger partial charge in [-0.1, -0.05) is 26.3 Å². The van der Waals surface area contributed by atoms with Gasteiger partial charge < -0.3 is 10.2 Å². The molecule has 4 heteroatoms. The molecule has 0 saturated heterocycles. The Bertz CT molecular complexity index is 667. The van der Waals surface area contributed by atoms with Gasteiger partial charge in [-0.05, 0) is 72.7 Å². The van der Waals surface area contributed by atoms with E-state index < -0.39 is 6.10 Å². The third-order valence-electron chi connectivity index (χ3n) is 8.99. The largest absolute Gasteiger partial charge is 0.393 e. The highest BCUT2D eigenvalue weighted by atomic mass is 16.3. The van der Waals surface area contributed by atoms with Crippen LogP contribution in [0.2, 0.25) is 0 Å². The van der Waals surface area contributed by atoms with E-state index in [4.69, 9.17) is 0 Å². The molecule has 3 fully saturated rings. The summed E-state index contributed by atoms with van der Waals surface area (Å²) in [5, 5.41) is 20.7. The van der Waals surface area contributed by atoms with Crippen molar-refractivity contribution < 1.29 is 19.8 Å². The van der Waals surface area contributed by atoms with E-state index in [9.17, 15) is 19.8 Å². The molecule has 0 bridgehead atoms. The molecule has 4 nitrogen and oxygen atoms in total. The van der Waals surface area contributed by atoms with Crippen molar-refractivity contribution in [2.45, 2.75) is 65.4 Å². The number of Topliss-reactive ketones (excluding diaryl/α,β-unsaturated/α-hetero) is 1. The van der Waals surface area contributed by atoms with Gasteiger partial charge in [-0.15, -0.1) is 0 Å². The minimum Gasteiger partial charge on any atom is -0.393 e. The van der Waals surface area contributed by atoms with E-state index in [-0.39, 0.29) is 46.8 Å². The number of hydrogen-bond donors (Lipinski definition) is 2. The van der Waals surface area contributed by atoms with Gasteiger partial charge >= 0.3 is 0 Å². The predicted molar refractivity (Wildman–Crippen MR) is 98.2 cm³/mol. The lowest BCUT2D eigenvalue weighted by atomic mass is 9.44. The molecule has 4 aliphatic rings. The Kier molecular flexibility index (Phi) is 4.24. The smallest absolute Gasteiger partial charge is 0.161 e. The number of aliphatic hydroxyl groups is 2. The summed E-state index contributed by atoms with van der Waals surface area (Å²) < 4.78 is 0. The van der Waals surface area contributed by atoms with Gasteiger partial charge in [-0.25, -0.2) is 0 Å². The van der Waals surface area contributed by atoms with E-state index in [2.05, 4.69) is 20.8 Å². The van der Waals surface area contributed by atoms with Crippen LogP contribution in [0.4, 0.5) is 0 Å². The Morgan fingerprint density at radius 3 is 2.69 bits per heavy atom. The maximum absolute atomic E-state index is 12.3. The molecule has 0 spiro atoms. The Balaban J connectivity index is 1.73. The lowest BCUT2D eigenvalue weighted by molar-refractivity contribution is -0.152. The third kappa shape index (κ3) is 2.27. The number of aliphatic hydroxyl groups excluding tert-OH is 2. The first kappa shape index (κ1) is 18.4. The van der Waals surface area contributed by atoms with Gasteiger partial charge in [-0.2, -0.15) is 0 Å². The molecular formula is C22H32O4. The van der Waals surface area contributed by atoms with E-state index in [1.54, 1.807) is 0 Å². The fraction of sp³-hybridized carbons (Fsp3) is 0.818. The fourth-order valence-corrected chi connectivity index (χ4v) is 7.68. The molecule has 2 N–H and O–H groups in total. The Hall–Kier alpha value is -1.00. The molecule has 1 unspecified atom stereocenters. The number of hydrogen-bond acceptors (Lipinski definition) is 4. The Labute approximate surface area is 156 Å². The number of rotatable bonds is 2. The molecule has 0 heterocycles. The molecule has 0 aromatic rings. The maximum Gasteiger partial charge on any atom is 0.161 e. The van der Waals surface area contributed by atoms with Crippen LogP contribution in [0.3, 0.4) is 0 Å². The number of allylic oxidation sites excluding steroid dienone is 1. The SMILES string of the molecule is CC1CC(=O)C=C2CC[C@@H]3[C@H]([C@@H](O)C[C@]4(C)[C@@H](C(=O)CO)CC[C@@H]34)[C@]21C. The molecule has 0 radical (unpaired) electrons. The monoisotopic (exact) mass is 360 g/mol. The topological polar surface area (TPSA) is 74.6 Å². The standard InChI is InChI=1S/C22H32O4/c1-12-8-14(24)9-13-4-5-15-16-6-7-17(19(26)11-23)21(16,2)10-18(25)20(15)22(12,13)3/h9,12,15-18,20,23,25H,4-8,10-11H2,1-3H3/t12?,15-,16-,17+,18-,20+,21-,22-/m0/s1. The van der Waals surface area contributed by atoms with Crippen LogP contribution < -0.4 is 0 Å². The normalized spacial score (nSPS) is 50.5. The van der Waals surface area contributed by atoms with Crippen molar-refractivity contribution in [3.8, 4) is 0 Å². The zero-order valence-electron chi connectivity index (χ0n) is 16.2. The van der Waals surface area contributed by atoms with Crippen LogP contribution in [0.15, 0.2) is 11.6 Å². The van der Waals surface area contributed by atoms with Crippen molar-refractivity contribution in [3.63, 3.8) is 0 Å². The van der Waals surface area contributed by atoms with E-state index in [1.165, 1.54) is 5.57 Å². The molecule has 3 saturated carbocycles. The van der Waals surface area contributed by atoms with Crippen molar-refractivity contribution in [1.82, 2.24) is 0 Å². The van der Waals surface area contributed by atoms with Gasteiger partial charge in [-0.3, -0.25) is 9.59 Å². The maximum atomic E-state index is 12.3. The quantitative estimate of drug-likeness (QED) is 0.794. The zero-order valence-corrected chi connectivity index (χ0v) is 16.2. The van der Waals surface area contributed by atoms with Gasteiger partial charge in [0.2, 0.25) is 0 Å².